The number of rotatable bonds is 2. The van der Waals surface area contributed by atoms with Crippen molar-refractivity contribution < 1.29 is 0 Å². The number of fused-ring (bicyclic) bond motifs is 1. The Morgan fingerprint density at radius 3 is 2.57 bits per heavy atom. The maximum absolute atomic E-state index is 6.38. The van der Waals surface area contributed by atoms with Crippen molar-refractivity contribution in [3.05, 3.63) is 75.9 Å². The fourth-order valence-electron chi connectivity index (χ4n) is 2.50. The fourth-order valence-corrected chi connectivity index (χ4v) is 2.86. The van der Waals surface area contributed by atoms with Gasteiger partial charge in [-0.25, -0.2) is 0 Å². The van der Waals surface area contributed by atoms with Crippen LogP contribution in [0.1, 0.15) is 28.4 Å². The standard InChI is InChI=1S/C18H17ClN2/c1-11-3-7-15(16(19)9-11)18(20)14-6-8-17-13(10-14)5-4-12(2)21-17/h3-10,18H,20H2,1-2H3. The Morgan fingerprint density at radius 2 is 1.81 bits per heavy atom. The lowest BCUT2D eigenvalue weighted by atomic mass is 9.97. The van der Waals surface area contributed by atoms with E-state index in [1.807, 2.05) is 50.2 Å². The first kappa shape index (κ1) is 14.1. The van der Waals surface area contributed by atoms with E-state index < -0.39 is 0 Å². The zero-order chi connectivity index (χ0) is 15.0. The third-order valence-corrected chi connectivity index (χ3v) is 4.03. The number of aromatic nitrogens is 1. The Labute approximate surface area is 129 Å². The van der Waals surface area contributed by atoms with E-state index >= 15 is 0 Å². The summed E-state index contributed by atoms with van der Waals surface area (Å²) in [7, 11) is 0. The molecule has 0 fully saturated rings. The van der Waals surface area contributed by atoms with Crippen LogP contribution in [0.4, 0.5) is 0 Å². The summed E-state index contributed by atoms with van der Waals surface area (Å²) in [4.78, 5) is 4.51. The van der Waals surface area contributed by atoms with Gasteiger partial charge in [-0.3, -0.25) is 4.98 Å². The van der Waals surface area contributed by atoms with Crippen molar-refractivity contribution in [2.75, 3.05) is 0 Å². The van der Waals surface area contributed by atoms with Gasteiger partial charge in [0, 0.05) is 16.1 Å². The van der Waals surface area contributed by atoms with Crippen molar-refractivity contribution in [3.63, 3.8) is 0 Å². The van der Waals surface area contributed by atoms with Gasteiger partial charge < -0.3 is 5.73 Å². The third-order valence-electron chi connectivity index (χ3n) is 3.70. The van der Waals surface area contributed by atoms with Gasteiger partial charge in [-0.05, 0) is 54.8 Å². The molecule has 1 heterocycles. The average molecular weight is 297 g/mol. The molecular formula is C18H17ClN2. The van der Waals surface area contributed by atoms with Crippen molar-refractivity contribution in [1.29, 1.82) is 0 Å². The molecule has 2 aromatic carbocycles. The summed E-state index contributed by atoms with van der Waals surface area (Å²) in [6.45, 7) is 4.01. The molecule has 0 saturated heterocycles. The normalized spacial score (nSPS) is 12.6. The van der Waals surface area contributed by atoms with Crippen LogP contribution in [0.3, 0.4) is 0 Å². The lowest BCUT2D eigenvalue weighted by Gasteiger charge is -2.15. The molecule has 0 aliphatic carbocycles. The van der Waals surface area contributed by atoms with Crippen LogP contribution in [-0.4, -0.2) is 4.98 Å². The van der Waals surface area contributed by atoms with Gasteiger partial charge in [0.1, 0.15) is 0 Å². The number of pyridine rings is 1. The molecule has 3 heteroatoms. The van der Waals surface area contributed by atoms with Crippen molar-refractivity contribution in [2.45, 2.75) is 19.9 Å². The molecule has 1 unspecified atom stereocenters. The minimum absolute atomic E-state index is 0.233. The van der Waals surface area contributed by atoms with Crippen molar-refractivity contribution in [3.8, 4) is 0 Å². The van der Waals surface area contributed by atoms with E-state index in [4.69, 9.17) is 17.3 Å². The summed E-state index contributed by atoms with van der Waals surface area (Å²) < 4.78 is 0. The van der Waals surface area contributed by atoms with E-state index in [9.17, 15) is 0 Å². The van der Waals surface area contributed by atoms with E-state index in [1.165, 1.54) is 0 Å². The second-order valence-electron chi connectivity index (χ2n) is 5.41. The Morgan fingerprint density at radius 1 is 1.00 bits per heavy atom. The van der Waals surface area contributed by atoms with Gasteiger partial charge in [0.2, 0.25) is 0 Å². The lowest BCUT2D eigenvalue weighted by molar-refractivity contribution is 0.873. The predicted octanol–water partition coefficient (Wildman–Crippen LogP) is 4.55. The third kappa shape index (κ3) is 2.78. The summed E-state index contributed by atoms with van der Waals surface area (Å²) in [6.07, 6.45) is 0. The number of aryl methyl sites for hydroxylation is 2. The SMILES string of the molecule is Cc1ccc(C(N)c2ccc3nc(C)ccc3c2)c(Cl)c1. The van der Waals surface area contributed by atoms with Gasteiger partial charge in [-0.1, -0.05) is 35.9 Å². The van der Waals surface area contributed by atoms with Crippen molar-refractivity contribution in [1.82, 2.24) is 4.98 Å². The Kier molecular flexibility index (Phi) is 3.66. The van der Waals surface area contributed by atoms with Crippen LogP contribution in [0.5, 0.6) is 0 Å². The first-order valence-electron chi connectivity index (χ1n) is 6.93. The Hall–Kier alpha value is -1.90. The molecule has 1 aromatic heterocycles. The van der Waals surface area contributed by atoms with E-state index in [-0.39, 0.29) is 6.04 Å². The molecule has 0 spiro atoms. The lowest BCUT2D eigenvalue weighted by Crippen LogP contribution is -2.12. The van der Waals surface area contributed by atoms with Crippen LogP contribution in [0, 0.1) is 13.8 Å². The monoisotopic (exact) mass is 296 g/mol. The van der Waals surface area contributed by atoms with E-state index in [1.54, 1.807) is 0 Å². The first-order chi connectivity index (χ1) is 10.0. The summed E-state index contributed by atoms with van der Waals surface area (Å²) in [6, 6.07) is 16.0. The zero-order valence-electron chi connectivity index (χ0n) is 12.1. The second-order valence-corrected chi connectivity index (χ2v) is 5.81. The van der Waals surface area contributed by atoms with Crippen molar-refractivity contribution in [2.24, 2.45) is 5.73 Å². The molecule has 2 N–H and O–H groups in total. The highest BCUT2D eigenvalue weighted by atomic mass is 35.5. The Bertz CT molecular complexity index is 811. The topological polar surface area (TPSA) is 38.9 Å². The average Bonchev–Trinajstić information content (AvgIpc) is 2.46. The molecule has 0 radical (unpaired) electrons. The number of hydrogen-bond acceptors (Lipinski definition) is 2. The van der Waals surface area contributed by atoms with Gasteiger partial charge in [-0.2, -0.15) is 0 Å². The summed E-state index contributed by atoms with van der Waals surface area (Å²) >= 11 is 6.32. The highest BCUT2D eigenvalue weighted by Gasteiger charge is 2.13. The molecule has 0 amide bonds. The van der Waals surface area contributed by atoms with Gasteiger partial charge in [-0.15, -0.1) is 0 Å². The molecule has 0 aliphatic rings. The minimum atomic E-state index is -0.233. The Balaban J connectivity index is 2.04. The van der Waals surface area contributed by atoms with E-state index in [0.717, 1.165) is 33.3 Å². The number of nitrogens with two attached hydrogens (primary N) is 1. The maximum atomic E-state index is 6.38. The van der Waals surface area contributed by atoms with Crippen LogP contribution >= 0.6 is 11.6 Å². The maximum Gasteiger partial charge on any atom is 0.0705 e. The van der Waals surface area contributed by atoms with Gasteiger partial charge in [0.05, 0.1) is 11.6 Å². The number of hydrogen-bond donors (Lipinski definition) is 1. The second kappa shape index (κ2) is 5.47. The molecule has 0 bridgehead atoms. The molecule has 3 aromatic rings. The number of nitrogens with zero attached hydrogens (tertiary/aromatic N) is 1. The molecule has 0 aliphatic heterocycles. The largest absolute Gasteiger partial charge is 0.320 e. The van der Waals surface area contributed by atoms with Crippen LogP contribution in [0.15, 0.2) is 48.5 Å². The van der Waals surface area contributed by atoms with E-state index in [0.29, 0.717) is 5.02 Å². The van der Waals surface area contributed by atoms with Crippen molar-refractivity contribution >= 4 is 22.5 Å². The molecule has 1 atom stereocenters. The summed E-state index contributed by atoms with van der Waals surface area (Å²) in [5, 5.41) is 1.81. The van der Waals surface area contributed by atoms with Crippen LogP contribution < -0.4 is 5.73 Å². The fraction of sp³-hybridized carbons (Fsp3) is 0.167. The molecule has 3 rings (SSSR count). The van der Waals surface area contributed by atoms with Crippen LogP contribution in [0.25, 0.3) is 10.9 Å². The molecule has 106 valence electrons. The first-order valence-corrected chi connectivity index (χ1v) is 7.31. The van der Waals surface area contributed by atoms with E-state index in [2.05, 4.69) is 17.1 Å². The summed E-state index contributed by atoms with van der Waals surface area (Å²) in [5.74, 6) is 0. The quantitative estimate of drug-likeness (QED) is 0.753. The van der Waals surface area contributed by atoms with Crippen LogP contribution in [0.2, 0.25) is 5.02 Å². The predicted molar refractivity (Wildman–Crippen MR) is 88.7 cm³/mol. The molecule has 0 saturated carbocycles. The van der Waals surface area contributed by atoms with Crippen LogP contribution in [-0.2, 0) is 0 Å². The summed E-state index contributed by atoms with van der Waals surface area (Å²) in [5.41, 5.74) is 11.5. The molecule has 21 heavy (non-hydrogen) atoms. The number of benzene rings is 2. The highest BCUT2D eigenvalue weighted by Crippen LogP contribution is 2.28. The zero-order valence-corrected chi connectivity index (χ0v) is 12.9. The number of halogens is 1. The van der Waals surface area contributed by atoms with Gasteiger partial charge >= 0.3 is 0 Å². The van der Waals surface area contributed by atoms with Gasteiger partial charge in [0.15, 0.2) is 0 Å². The minimum Gasteiger partial charge on any atom is -0.320 e. The molecular weight excluding hydrogens is 280 g/mol. The smallest absolute Gasteiger partial charge is 0.0705 e. The molecule has 2 nitrogen and oxygen atoms in total. The highest BCUT2D eigenvalue weighted by molar-refractivity contribution is 6.31. The van der Waals surface area contributed by atoms with Gasteiger partial charge in [0.25, 0.3) is 0 Å².